The van der Waals surface area contributed by atoms with Crippen molar-refractivity contribution in [2.24, 2.45) is 5.92 Å². The first-order valence-electron chi connectivity index (χ1n) is 4.65. The van der Waals surface area contributed by atoms with E-state index in [1.54, 1.807) is 0 Å². The second-order valence-corrected chi connectivity index (χ2v) is 5.14. The quantitative estimate of drug-likeness (QED) is 0.422. The summed E-state index contributed by atoms with van der Waals surface area (Å²) in [6.45, 7) is 0. The highest BCUT2D eigenvalue weighted by Gasteiger charge is 2.23. The molecule has 1 amide bonds. The Morgan fingerprint density at radius 3 is 3.00 bits per heavy atom. The van der Waals surface area contributed by atoms with Gasteiger partial charge in [0, 0.05) is 0 Å². The van der Waals surface area contributed by atoms with Crippen LogP contribution in [0.5, 0.6) is 0 Å². The third-order valence-electron chi connectivity index (χ3n) is 2.34. The zero-order valence-corrected chi connectivity index (χ0v) is 9.29. The van der Waals surface area contributed by atoms with E-state index in [-0.39, 0.29) is 5.91 Å². The first kappa shape index (κ1) is 9.93. The fourth-order valence-corrected chi connectivity index (χ4v) is 2.73. The van der Waals surface area contributed by atoms with Crippen molar-refractivity contribution in [1.29, 1.82) is 0 Å². The topological polar surface area (TPSA) is 29.1 Å². The summed E-state index contributed by atoms with van der Waals surface area (Å²) in [7, 11) is 0. The number of hydrogen-bond donors (Lipinski definition) is 1. The van der Waals surface area contributed by atoms with Crippen LogP contribution in [0.25, 0.3) is 0 Å². The van der Waals surface area contributed by atoms with Crippen LogP contribution in [0.3, 0.4) is 0 Å². The van der Waals surface area contributed by atoms with Crippen LogP contribution in [0.2, 0.25) is 0 Å². The van der Waals surface area contributed by atoms with Crippen molar-refractivity contribution >= 4 is 34.2 Å². The van der Waals surface area contributed by atoms with Crippen molar-refractivity contribution in [2.45, 2.75) is 19.3 Å². The van der Waals surface area contributed by atoms with E-state index < -0.39 is 0 Å². The van der Waals surface area contributed by atoms with Gasteiger partial charge in [0.15, 0.2) is 0 Å². The van der Waals surface area contributed by atoms with E-state index in [0.29, 0.717) is 10.2 Å². The molecule has 1 atom stereocenters. The van der Waals surface area contributed by atoms with Gasteiger partial charge in [-0.15, -0.1) is 0 Å². The molecule has 1 aliphatic heterocycles. The Labute approximate surface area is 92.8 Å². The summed E-state index contributed by atoms with van der Waals surface area (Å²) in [5.41, 5.74) is 0. The number of carbonyl (C=O) groups excluding carboxylic acids is 1. The van der Waals surface area contributed by atoms with E-state index in [1.807, 2.05) is 0 Å². The van der Waals surface area contributed by atoms with Crippen LogP contribution in [0.1, 0.15) is 19.3 Å². The molecule has 0 aromatic carbocycles. The summed E-state index contributed by atoms with van der Waals surface area (Å²) in [6, 6.07) is 0. The number of rotatable bonds is 1. The van der Waals surface area contributed by atoms with Gasteiger partial charge in [-0.2, -0.15) is 0 Å². The molecule has 1 N–H and O–H groups in total. The van der Waals surface area contributed by atoms with Crippen LogP contribution in [-0.2, 0) is 4.79 Å². The van der Waals surface area contributed by atoms with Gasteiger partial charge < -0.3 is 5.32 Å². The maximum Gasteiger partial charge on any atom is 0.263 e. The van der Waals surface area contributed by atoms with Gasteiger partial charge in [-0.1, -0.05) is 42.2 Å². The van der Waals surface area contributed by atoms with Gasteiger partial charge in [-0.25, -0.2) is 0 Å². The van der Waals surface area contributed by atoms with Crippen LogP contribution in [0, 0.1) is 5.92 Å². The molecule has 1 heterocycles. The van der Waals surface area contributed by atoms with Crippen molar-refractivity contribution in [3.05, 3.63) is 23.1 Å². The Hall–Kier alpha value is -0.610. The molecule has 2 nitrogen and oxygen atoms in total. The largest absolute Gasteiger partial charge is 0.307 e. The Morgan fingerprint density at radius 2 is 2.43 bits per heavy atom. The number of nitrogens with one attached hydrogen (secondary N) is 1. The van der Waals surface area contributed by atoms with Crippen molar-refractivity contribution in [2.75, 3.05) is 0 Å². The van der Waals surface area contributed by atoms with Crippen LogP contribution in [0.15, 0.2) is 23.1 Å². The van der Waals surface area contributed by atoms with Gasteiger partial charge in [-0.3, -0.25) is 4.79 Å². The van der Waals surface area contributed by atoms with Crippen molar-refractivity contribution < 1.29 is 4.79 Å². The van der Waals surface area contributed by atoms with E-state index in [0.717, 1.165) is 24.2 Å². The van der Waals surface area contributed by atoms with Crippen LogP contribution in [0.4, 0.5) is 0 Å². The van der Waals surface area contributed by atoms with Gasteiger partial charge in [0.1, 0.15) is 4.32 Å². The van der Waals surface area contributed by atoms with Crippen LogP contribution in [-0.4, -0.2) is 10.2 Å². The van der Waals surface area contributed by atoms with E-state index >= 15 is 0 Å². The number of carbonyl (C=O) groups is 1. The molecular formula is C10H11NOS2. The first-order valence-corrected chi connectivity index (χ1v) is 5.88. The Morgan fingerprint density at radius 1 is 1.57 bits per heavy atom. The summed E-state index contributed by atoms with van der Waals surface area (Å²) in [4.78, 5) is 12.1. The molecule has 74 valence electrons. The van der Waals surface area contributed by atoms with E-state index in [9.17, 15) is 4.79 Å². The molecule has 0 radical (unpaired) electrons. The molecule has 0 saturated carbocycles. The zero-order valence-electron chi connectivity index (χ0n) is 7.66. The minimum atomic E-state index is -0.0328. The molecule has 1 saturated heterocycles. The maximum atomic E-state index is 11.4. The standard InChI is InChI=1S/C10H11NOS2/c12-9-8(14-10(13)11-9)6-7-4-2-1-3-5-7/h1-2,6-7H,3-5H2,(H,11,12,13)/b8-6+. The van der Waals surface area contributed by atoms with Crippen molar-refractivity contribution in [1.82, 2.24) is 5.32 Å². The highest BCUT2D eigenvalue weighted by atomic mass is 32.2. The van der Waals surface area contributed by atoms with Crippen molar-refractivity contribution in [3.63, 3.8) is 0 Å². The molecule has 1 aliphatic carbocycles. The summed E-state index contributed by atoms with van der Waals surface area (Å²) < 4.78 is 0.576. The molecular weight excluding hydrogens is 214 g/mol. The molecule has 1 unspecified atom stereocenters. The number of thiocarbonyl (C=S) groups is 1. The number of amides is 1. The molecule has 2 rings (SSSR count). The third-order valence-corrected chi connectivity index (χ3v) is 3.52. The predicted octanol–water partition coefficient (Wildman–Crippen LogP) is 2.37. The highest BCUT2D eigenvalue weighted by molar-refractivity contribution is 8.26. The minimum Gasteiger partial charge on any atom is -0.307 e. The fraction of sp³-hybridized carbons (Fsp3) is 0.400. The second-order valence-electron chi connectivity index (χ2n) is 3.42. The molecule has 2 aliphatic rings. The lowest BCUT2D eigenvalue weighted by atomic mass is 9.94. The second kappa shape index (κ2) is 4.28. The van der Waals surface area contributed by atoms with Gasteiger partial charge in [0.05, 0.1) is 4.91 Å². The molecule has 4 heteroatoms. The lowest BCUT2D eigenvalue weighted by Crippen LogP contribution is -2.18. The Kier molecular flexibility index (Phi) is 3.03. The van der Waals surface area contributed by atoms with E-state index in [2.05, 4.69) is 23.5 Å². The van der Waals surface area contributed by atoms with Crippen molar-refractivity contribution in [3.8, 4) is 0 Å². The van der Waals surface area contributed by atoms with Gasteiger partial charge in [0.25, 0.3) is 5.91 Å². The maximum absolute atomic E-state index is 11.4. The molecule has 0 aromatic heterocycles. The number of hydrogen-bond acceptors (Lipinski definition) is 3. The lowest BCUT2D eigenvalue weighted by Gasteiger charge is -2.13. The Balaban J connectivity index is 2.06. The normalized spacial score (nSPS) is 29.7. The van der Waals surface area contributed by atoms with Crippen LogP contribution >= 0.6 is 24.0 Å². The van der Waals surface area contributed by atoms with E-state index in [4.69, 9.17) is 12.2 Å². The smallest absolute Gasteiger partial charge is 0.263 e. The molecule has 14 heavy (non-hydrogen) atoms. The summed E-state index contributed by atoms with van der Waals surface area (Å²) in [6.07, 6.45) is 9.74. The lowest BCUT2D eigenvalue weighted by molar-refractivity contribution is -0.115. The summed E-state index contributed by atoms with van der Waals surface area (Å²) in [5.74, 6) is 0.476. The van der Waals surface area contributed by atoms with Gasteiger partial charge in [-0.05, 0) is 25.2 Å². The highest BCUT2D eigenvalue weighted by Crippen LogP contribution is 2.28. The third kappa shape index (κ3) is 2.25. The fourth-order valence-electron chi connectivity index (χ4n) is 1.62. The monoisotopic (exact) mass is 225 g/mol. The zero-order chi connectivity index (χ0) is 9.97. The van der Waals surface area contributed by atoms with Crippen LogP contribution < -0.4 is 5.32 Å². The average molecular weight is 225 g/mol. The van der Waals surface area contributed by atoms with Gasteiger partial charge >= 0.3 is 0 Å². The number of allylic oxidation sites excluding steroid dienone is 3. The summed E-state index contributed by atoms with van der Waals surface area (Å²) >= 11 is 6.29. The van der Waals surface area contributed by atoms with E-state index in [1.165, 1.54) is 11.8 Å². The molecule has 1 fully saturated rings. The Bertz CT molecular complexity index is 333. The minimum absolute atomic E-state index is 0.0328. The van der Waals surface area contributed by atoms with Gasteiger partial charge in [0.2, 0.25) is 0 Å². The number of thioether (sulfide) groups is 1. The molecule has 0 spiro atoms. The average Bonchev–Trinajstić information content (AvgIpc) is 2.47. The first-order chi connectivity index (χ1) is 6.75. The molecule has 0 bridgehead atoms. The SMILES string of the molecule is O=C1NC(=S)S/C1=C/C1CC=CCC1. The summed E-state index contributed by atoms with van der Waals surface area (Å²) in [5, 5.41) is 2.63. The molecule has 0 aromatic rings. The predicted molar refractivity (Wildman–Crippen MR) is 62.9 cm³/mol.